The number of hydrogen-bond acceptors (Lipinski definition) is 4. The molecule has 5 nitrogen and oxygen atoms in total. The summed E-state index contributed by atoms with van der Waals surface area (Å²) < 4.78 is 9.89. The molecule has 0 aliphatic heterocycles. The van der Waals surface area contributed by atoms with Gasteiger partial charge in [-0.1, -0.05) is 0 Å². The second kappa shape index (κ2) is 5.46. The average molecular weight is 255 g/mol. The van der Waals surface area contributed by atoms with E-state index >= 15 is 0 Å². The fraction of sp³-hybridized carbons (Fsp3) is 0.222. The number of ether oxygens (including phenoxy) is 2. The minimum atomic E-state index is -0.510. The van der Waals surface area contributed by atoms with Gasteiger partial charge >= 0.3 is 0 Å². The Hall–Kier alpha value is -1.42. The van der Waals surface area contributed by atoms with Crippen molar-refractivity contribution < 1.29 is 30.9 Å². The molecule has 1 aromatic rings. The van der Waals surface area contributed by atoms with Gasteiger partial charge in [-0.2, -0.15) is 6.92 Å². The summed E-state index contributed by atoms with van der Waals surface area (Å²) in [4.78, 5) is 10.0. The molecule has 0 atom stereocenters. The maximum Gasteiger partial charge on any atom is 0.174 e. The molecular formula is C9H10NNiO4-. The van der Waals surface area contributed by atoms with Gasteiger partial charge in [-0.3, -0.25) is 10.1 Å². The number of benzene rings is 1. The molecule has 0 amide bonds. The van der Waals surface area contributed by atoms with Crippen LogP contribution in [-0.4, -0.2) is 19.1 Å². The van der Waals surface area contributed by atoms with Crippen LogP contribution in [-0.2, 0) is 16.5 Å². The van der Waals surface area contributed by atoms with Crippen LogP contribution < -0.4 is 9.47 Å². The van der Waals surface area contributed by atoms with Crippen molar-refractivity contribution >= 4 is 5.69 Å². The van der Waals surface area contributed by atoms with Gasteiger partial charge in [0.15, 0.2) is 5.69 Å². The Labute approximate surface area is 97.5 Å². The van der Waals surface area contributed by atoms with Crippen LogP contribution in [0.1, 0.15) is 5.56 Å². The minimum absolute atomic E-state index is 0. The minimum Gasteiger partial charge on any atom is -0.506 e. The van der Waals surface area contributed by atoms with Crippen molar-refractivity contribution in [3.63, 3.8) is 0 Å². The largest absolute Gasteiger partial charge is 0.506 e. The van der Waals surface area contributed by atoms with E-state index < -0.39 is 4.92 Å². The molecule has 0 spiro atoms. The van der Waals surface area contributed by atoms with Gasteiger partial charge in [0.05, 0.1) is 14.2 Å². The van der Waals surface area contributed by atoms with Crippen molar-refractivity contribution in [2.24, 2.45) is 0 Å². The fourth-order valence-electron chi connectivity index (χ4n) is 1.08. The predicted molar refractivity (Wildman–Crippen MR) is 50.7 cm³/mol. The van der Waals surface area contributed by atoms with Crippen molar-refractivity contribution in [1.29, 1.82) is 0 Å². The number of nitrogens with zero attached hydrogens (tertiary/aromatic N) is 1. The SMILES string of the molecule is [CH2-]c1cc(OC)c(OC)cc1[N+](=O)[O-].[Ni]. The van der Waals surface area contributed by atoms with Crippen LogP contribution in [0.4, 0.5) is 5.69 Å². The van der Waals surface area contributed by atoms with Crippen molar-refractivity contribution in [3.8, 4) is 11.5 Å². The van der Waals surface area contributed by atoms with Crippen molar-refractivity contribution in [2.45, 2.75) is 0 Å². The average Bonchev–Trinajstić information content (AvgIpc) is 2.16. The van der Waals surface area contributed by atoms with Crippen LogP contribution in [0.3, 0.4) is 0 Å². The molecule has 0 aliphatic carbocycles. The summed E-state index contributed by atoms with van der Waals surface area (Å²) >= 11 is 0. The number of methoxy groups -OCH3 is 2. The van der Waals surface area contributed by atoms with E-state index in [-0.39, 0.29) is 22.2 Å². The Kier molecular flexibility index (Phi) is 4.95. The topological polar surface area (TPSA) is 61.6 Å². The summed E-state index contributed by atoms with van der Waals surface area (Å²) in [7, 11) is 2.88. The first-order valence-corrected chi connectivity index (χ1v) is 3.82. The molecule has 86 valence electrons. The van der Waals surface area contributed by atoms with Gasteiger partial charge in [0.1, 0.15) is 11.5 Å². The van der Waals surface area contributed by atoms with E-state index in [9.17, 15) is 10.1 Å². The maximum atomic E-state index is 10.6. The number of nitro benzene ring substituents is 1. The number of hydrogen-bond donors (Lipinski definition) is 0. The van der Waals surface area contributed by atoms with Gasteiger partial charge < -0.3 is 9.47 Å². The molecule has 6 heteroatoms. The van der Waals surface area contributed by atoms with Crippen LogP contribution in [0.5, 0.6) is 11.5 Å². The molecule has 15 heavy (non-hydrogen) atoms. The van der Waals surface area contributed by atoms with E-state index in [0.717, 1.165) is 0 Å². The maximum absolute atomic E-state index is 10.6. The summed E-state index contributed by atoms with van der Waals surface area (Å²) in [6, 6.07) is 2.76. The van der Waals surface area contributed by atoms with Crippen molar-refractivity contribution in [3.05, 3.63) is 34.7 Å². The molecule has 0 radical (unpaired) electrons. The first kappa shape index (κ1) is 13.6. The number of rotatable bonds is 3. The van der Waals surface area contributed by atoms with Gasteiger partial charge in [-0.15, -0.1) is 11.6 Å². The first-order valence-electron chi connectivity index (χ1n) is 3.82. The van der Waals surface area contributed by atoms with Gasteiger partial charge in [-0.05, 0) is 0 Å². The molecule has 0 saturated carbocycles. The van der Waals surface area contributed by atoms with E-state index in [1.807, 2.05) is 0 Å². The zero-order chi connectivity index (χ0) is 10.7. The third-order valence-electron chi connectivity index (χ3n) is 1.78. The first-order chi connectivity index (χ1) is 6.60. The quantitative estimate of drug-likeness (QED) is 0.357. The summed E-state index contributed by atoms with van der Waals surface area (Å²) in [5.41, 5.74) is 0.218. The Morgan fingerprint density at radius 2 is 1.73 bits per heavy atom. The molecule has 0 saturated heterocycles. The zero-order valence-corrected chi connectivity index (χ0v) is 9.25. The van der Waals surface area contributed by atoms with Crippen molar-refractivity contribution in [2.75, 3.05) is 14.2 Å². The van der Waals surface area contributed by atoms with E-state index in [4.69, 9.17) is 9.47 Å². The van der Waals surface area contributed by atoms with Crippen LogP contribution in [0.25, 0.3) is 0 Å². The van der Waals surface area contributed by atoms with Gasteiger partial charge in [0.2, 0.25) is 0 Å². The fourth-order valence-corrected chi connectivity index (χ4v) is 1.08. The van der Waals surface area contributed by atoms with E-state index in [0.29, 0.717) is 17.1 Å². The smallest absolute Gasteiger partial charge is 0.174 e. The molecule has 0 heterocycles. The predicted octanol–water partition coefficient (Wildman–Crippen LogP) is 1.79. The Bertz CT molecular complexity index is 367. The van der Waals surface area contributed by atoms with Crippen molar-refractivity contribution in [1.82, 2.24) is 0 Å². The Morgan fingerprint density at radius 3 is 2.13 bits per heavy atom. The number of nitro groups is 1. The van der Waals surface area contributed by atoms with Gasteiger partial charge in [0.25, 0.3) is 0 Å². The Balaban J connectivity index is 0.00000196. The molecule has 0 aliphatic rings. The molecule has 0 bridgehead atoms. The summed E-state index contributed by atoms with van der Waals surface area (Å²) in [6.07, 6.45) is 0. The van der Waals surface area contributed by atoms with Crippen LogP contribution in [0.15, 0.2) is 12.1 Å². The molecule has 0 unspecified atom stereocenters. The van der Waals surface area contributed by atoms with Crippen LogP contribution >= 0.6 is 0 Å². The summed E-state index contributed by atoms with van der Waals surface area (Å²) in [5, 5.41) is 10.6. The second-order valence-corrected chi connectivity index (χ2v) is 2.59. The third kappa shape index (κ3) is 2.76. The van der Waals surface area contributed by atoms with Gasteiger partial charge in [0, 0.05) is 27.5 Å². The van der Waals surface area contributed by atoms with E-state index in [1.54, 1.807) is 0 Å². The second-order valence-electron chi connectivity index (χ2n) is 2.59. The van der Waals surface area contributed by atoms with E-state index in [2.05, 4.69) is 6.92 Å². The molecule has 1 rings (SSSR count). The molecular weight excluding hydrogens is 245 g/mol. The summed E-state index contributed by atoms with van der Waals surface area (Å²) in [6.45, 7) is 3.55. The summed E-state index contributed by atoms with van der Waals surface area (Å²) in [5.74, 6) is 0.759. The van der Waals surface area contributed by atoms with Crippen LogP contribution in [0, 0.1) is 17.0 Å². The van der Waals surface area contributed by atoms with Crippen LogP contribution in [0.2, 0.25) is 0 Å². The third-order valence-corrected chi connectivity index (χ3v) is 1.78. The zero-order valence-electron chi connectivity index (χ0n) is 8.26. The molecule has 0 fully saturated rings. The monoisotopic (exact) mass is 254 g/mol. The molecule has 0 aromatic heterocycles. The van der Waals surface area contributed by atoms with Gasteiger partial charge in [-0.25, -0.2) is 0 Å². The Morgan fingerprint density at radius 1 is 1.27 bits per heavy atom. The molecule has 1 aromatic carbocycles. The normalized spacial score (nSPS) is 8.93. The van der Waals surface area contributed by atoms with E-state index in [1.165, 1.54) is 26.4 Å². The molecule has 0 N–H and O–H groups in total. The standard InChI is InChI=1S/C9H10NO4.Ni/c1-6-4-8(13-2)9(14-3)5-7(6)10(11)12;/h4-5H,1H2,2-3H3;/q-1;.